The Morgan fingerprint density at radius 2 is 1.74 bits per heavy atom. The van der Waals surface area contributed by atoms with Crippen molar-refractivity contribution in [1.29, 1.82) is 0 Å². The predicted molar refractivity (Wildman–Crippen MR) is 134 cm³/mol. The van der Waals surface area contributed by atoms with Gasteiger partial charge in [0.1, 0.15) is 11.2 Å². The number of nitrogens with zero attached hydrogens (tertiary/aromatic N) is 4. The number of fused-ring (bicyclic) bond motifs is 1. The number of aryl methyl sites for hydroxylation is 1. The third kappa shape index (κ3) is 3.80. The molecule has 0 fully saturated rings. The number of hydrogen-bond donors (Lipinski definition) is 0. The number of hydrogen-bond acceptors (Lipinski definition) is 6. The molecular formula is C26H24N4O3S. The van der Waals surface area contributed by atoms with E-state index < -0.39 is 5.69 Å². The molecule has 34 heavy (non-hydrogen) atoms. The van der Waals surface area contributed by atoms with Crippen molar-refractivity contribution in [2.45, 2.75) is 39.7 Å². The highest BCUT2D eigenvalue weighted by molar-refractivity contribution is 7.17. The fourth-order valence-electron chi connectivity index (χ4n) is 3.96. The summed E-state index contributed by atoms with van der Waals surface area (Å²) in [7, 11) is 0. The first-order valence-electron chi connectivity index (χ1n) is 11.0. The number of aromatic nitrogens is 4. The summed E-state index contributed by atoms with van der Waals surface area (Å²) in [4.78, 5) is 31.2. The lowest BCUT2D eigenvalue weighted by molar-refractivity contribution is 0.370. The van der Waals surface area contributed by atoms with E-state index in [9.17, 15) is 9.59 Å². The lowest BCUT2D eigenvalue weighted by Gasteiger charge is -2.18. The van der Waals surface area contributed by atoms with Crippen molar-refractivity contribution < 1.29 is 4.52 Å². The van der Waals surface area contributed by atoms with E-state index in [2.05, 4.69) is 43.0 Å². The summed E-state index contributed by atoms with van der Waals surface area (Å²) in [6.45, 7) is 8.42. The Morgan fingerprint density at radius 1 is 1.00 bits per heavy atom. The molecule has 0 saturated heterocycles. The van der Waals surface area contributed by atoms with Crippen LogP contribution in [0.25, 0.3) is 27.3 Å². The highest BCUT2D eigenvalue weighted by Gasteiger charge is 2.19. The SMILES string of the molecule is Cc1ccccc1-n1c(=O)c2sccc2n(Cc2nc(-c3ccc(C(C)(C)C)cc3)no2)c1=O. The summed E-state index contributed by atoms with van der Waals surface area (Å²) in [6, 6.07) is 17.2. The second-order valence-electron chi connectivity index (χ2n) is 9.27. The Balaban J connectivity index is 1.56. The molecule has 0 aliphatic rings. The molecule has 2 aromatic carbocycles. The molecule has 0 radical (unpaired) electrons. The van der Waals surface area contributed by atoms with Crippen LogP contribution >= 0.6 is 11.3 Å². The summed E-state index contributed by atoms with van der Waals surface area (Å²) in [5, 5.41) is 5.92. The zero-order valence-corrected chi connectivity index (χ0v) is 20.2. The Morgan fingerprint density at radius 3 is 2.44 bits per heavy atom. The fourth-order valence-corrected chi connectivity index (χ4v) is 4.78. The van der Waals surface area contributed by atoms with Gasteiger partial charge >= 0.3 is 5.69 Å². The number of benzene rings is 2. The van der Waals surface area contributed by atoms with Crippen molar-refractivity contribution in [3.63, 3.8) is 0 Å². The van der Waals surface area contributed by atoms with Crippen LogP contribution in [0.2, 0.25) is 0 Å². The molecule has 0 N–H and O–H groups in total. The van der Waals surface area contributed by atoms with E-state index in [0.29, 0.717) is 27.6 Å². The van der Waals surface area contributed by atoms with Crippen LogP contribution in [-0.4, -0.2) is 19.3 Å². The lowest BCUT2D eigenvalue weighted by Crippen LogP contribution is -2.39. The van der Waals surface area contributed by atoms with Crippen molar-refractivity contribution in [1.82, 2.24) is 19.3 Å². The Hall–Kier alpha value is -3.78. The molecule has 0 aliphatic heterocycles. The Bertz CT molecular complexity index is 1620. The largest absolute Gasteiger partial charge is 0.337 e. The van der Waals surface area contributed by atoms with Crippen molar-refractivity contribution in [3.8, 4) is 17.1 Å². The van der Waals surface area contributed by atoms with Crippen LogP contribution in [-0.2, 0) is 12.0 Å². The zero-order chi connectivity index (χ0) is 24.0. The maximum atomic E-state index is 13.5. The molecule has 7 nitrogen and oxygen atoms in total. The van der Waals surface area contributed by atoms with Crippen LogP contribution in [0.4, 0.5) is 0 Å². The van der Waals surface area contributed by atoms with E-state index in [0.717, 1.165) is 11.1 Å². The van der Waals surface area contributed by atoms with Crippen LogP contribution < -0.4 is 11.2 Å². The highest BCUT2D eigenvalue weighted by atomic mass is 32.1. The molecule has 0 unspecified atom stereocenters. The van der Waals surface area contributed by atoms with Gasteiger partial charge in [0.2, 0.25) is 11.7 Å². The lowest BCUT2D eigenvalue weighted by atomic mass is 9.87. The van der Waals surface area contributed by atoms with E-state index in [1.807, 2.05) is 37.3 Å². The van der Waals surface area contributed by atoms with Crippen LogP contribution in [0, 0.1) is 6.92 Å². The molecule has 5 rings (SSSR count). The molecule has 0 aliphatic carbocycles. The van der Waals surface area contributed by atoms with Gasteiger partial charge in [-0.25, -0.2) is 9.36 Å². The van der Waals surface area contributed by atoms with Crippen molar-refractivity contribution in [2.75, 3.05) is 0 Å². The molecule has 172 valence electrons. The maximum absolute atomic E-state index is 13.5. The number of rotatable bonds is 4. The minimum Gasteiger partial charge on any atom is -0.337 e. The van der Waals surface area contributed by atoms with Crippen molar-refractivity contribution in [2.24, 2.45) is 0 Å². The number of thiophene rings is 1. The second kappa shape index (κ2) is 8.22. The second-order valence-corrected chi connectivity index (χ2v) is 10.2. The minimum absolute atomic E-state index is 0.0498. The van der Waals surface area contributed by atoms with Gasteiger partial charge in [0.25, 0.3) is 5.56 Å². The average molecular weight is 473 g/mol. The van der Waals surface area contributed by atoms with Gasteiger partial charge in [-0.2, -0.15) is 4.98 Å². The van der Waals surface area contributed by atoms with Crippen molar-refractivity contribution in [3.05, 3.63) is 97.8 Å². The first kappa shape index (κ1) is 22.0. The van der Waals surface area contributed by atoms with Gasteiger partial charge in [0.05, 0.1) is 11.2 Å². The molecule has 5 aromatic rings. The van der Waals surface area contributed by atoms with E-state index in [1.54, 1.807) is 17.5 Å². The molecule has 0 amide bonds. The quantitative estimate of drug-likeness (QED) is 0.371. The highest BCUT2D eigenvalue weighted by Crippen LogP contribution is 2.25. The van der Waals surface area contributed by atoms with Crippen molar-refractivity contribution >= 4 is 21.6 Å². The zero-order valence-electron chi connectivity index (χ0n) is 19.4. The van der Waals surface area contributed by atoms with Crippen LogP contribution in [0.3, 0.4) is 0 Å². The molecular weight excluding hydrogens is 448 g/mol. The Kier molecular flexibility index (Phi) is 5.32. The third-order valence-electron chi connectivity index (χ3n) is 5.88. The van der Waals surface area contributed by atoms with Gasteiger partial charge < -0.3 is 4.52 Å². The Labute approximate surface area is 199 Å². The smallest absolute Gasteiger partial charge is 0.336 e. The van der Waals surface area contributed by atoms with E-state index in [4.69, 9.17) is 4.52 Å². The summed E-state index contributed by atoms with van der Waals surface area (Å²) in [5.74, 6) is 0.747. The van der Waals surface area contributed by atoms with E-state index >= 15 is 0 Å². The fraction of sp³-hybridized carbons (Fsp3) is 0.231. The van der Waals surface area contributed by atoms with E-state index in [-0.39, 0.29) is 17.5 Å². The molecule has 3 aromatic heterocycles. The topological polar surface area (TPSA) is 82.9 Å². The van der Waals surface area contributed by atoms with Crippen LogP contribution in [0.15, 0.2) is 74.1 Å². The summed E-state index contributed by atoms with van der Waals surface area (Å²) >= 11 is 1.31. The van der Waals surface area contributed by atoms with E-state index in [1.165, 1.54) is 26.0 Å². The summed E-state index contributed by atoms with van der Waals surface area (Å²) < 4.78 is 8.73. The molecule has 0 saturated carbocycles. The molecule has 3 heterocycles. The number of para-hydroxylation sites is 1. The summed E-state index contributed by atoms with van der Waals surface area (Å²) in [5.41, 5.74) is 3.28. The summed E-state index contributed by atoms with van der Waals surface area (Å²) in [6.07, 6.45) is 0. The molecule has 0 bridgehead atoms. The van der Waals surface area contributed by atoms with Gasteiger partial charge in [-0.1, -0.05) is 68.4 Å². The third-order valence-corrected chi connectivity index (χ3v) is 6.77. The standard InChI is InChI=1S/C26H24N4O3S/c1-16-7-5-6-8-19(16)30-24(31)22-20(13-14-34-22)29(25(30)32)15-21-27-23(28-33-21)17-9-11-18(12-10-17)26(2,3)4/h5-14H,15H2,1-4H3. The monoisotopic (exact) mass is 472 g/mol. The predicted octanol–water partition coefficient (Wildman–Crippen LogP) is 4.92. The van der Waals surface area contributed by atoms with Gasteiger partial charge in [-0.15, -0.1) is 11.3 Å². The van der Waals surface area contributed by atoms with Gasteiger partial charge in [0, 0.05) is 5.56 Å². The molecule has 0 spiro atoms. The normalized spacial score (nSPS) is 11.9. The first-order valence-corrected chi connectivity index (χ1v) is 11.8. The van der Waals surface area contributed by atoms with Gasteiger partial charge in [0.15, 0.2) is 0 Å². The maximum Gasteiger partial charge on any atom is 0.336 e. The minimum atomic E-state index is -0.445. The average Bonchev–Trinajstić information content (AvgIpc) is 3.48. The molecule has 0 atom stereocenters. The van der Waals surface area contributed by atoms with Crippen LogP contribution in [0.1, 0.15) is 37.8 Å². The first-order chi connectivity index (χ1) is 16.2. The van der Waals surface area contributed by atoms with Crippen LogP contribution in [0.5, 0.6) is 0 Å². The van der Waals surface area contributed by atoms with Gasteiger partial charge in [-0.05, 0) is 41.0 Å². The molecule has 8 heteroatoms. The van der Waals surface area contributed by atoms with Gasteiger partial charge in [-0.3, -0.25) is 9.36 Å².